The van der Waals surface area contributed by atoms with Gasteiger partial charge < -0.3 is 0 Å². The van der Waals surface area contributed by atoms with Crippen molar-refractivity contribution in [1.82, 2.24) is 0 Å². The molecule has 0 nitrogen and oxygen atoms in total. The molecule has 0 unspecified atom stereocenters. The van der Waals surface area contributed by atoms with Crippen molar-refractivity contribution in [3.05, 3.63) is 27.3 Å². The molecule has 48 valence electrons. The zero-order valence-electron chi connectivity index (χ0n) is 5.61. The molecule has 0 atom stereocenters. The van der Waals surface area contributed by atoms with E-state index in [-0.39, 0.29) is 0 Å². The fourth-order valence-electron chi connectivity index (χ4n) is 0.698. The average Bonchev–Trinajstić information content (AvgIpc) is 1.80. The first kappa shape index (κ1) is 7.28. The zero-order chi connectivity index (χ0) is 6.85. The van der Waals surface area contributed by atoms with Crippen LogP contribution in [0.1, 0.15) is 5.56 Å². The number of benzene rings is 1. The van der Waals surface area contributed by atoms with Crippen molar-refractivity contribution < 1.29 is 0 Å². The first-order valence-electron chi connectivity index (χ1n) is 2.93. The highest BCUT2D eigenvalue weighted by atomic mass is 127. The maximum absolute atomic E-state index is 2.38. The third-order valence-electron chi connectivity index (χ3n) is 1.33. The van der Waals surface area contributed by atoms with Crippen LogP contribution in [0.5, 0.6) is 0 Å². The normalized spacial score (nSPS) is 10.0. The van der Waals surface area contributed by atoms with E-state index in [4.69, 9.17) is 0 Å². The molecule has 1 aromatic rings. The van der Waals surface area contributed by atoms with Gasteiger partial charge in [0.2, 0.25) is 0 Å². The predicted molar refractivity (Wildman–Crippen MR) is 53.5 cm³/mol. The van der Waals surface area contributed by atoms with Crippen molar-refractivity contribution in [3.63, 3.8) is 0 Å². The molecule has 0 bridgehead atoms. The molecule has 0 aliphatic rings. The molecule has 0 aliphatic heterocycles. The third kappa shape index (κ3) is 1.79. The van der Waals surface area contributed by atoms with Gasteiger partial charge in [0, 0.05) is 13.8 Å². The highest BCUT2D eigenvalue weighted by molar-refractivity contribution is 14.1. The Morgan fingerprint density at radius 3 is 2.56 bits per heavy atom. The van der Waals surface area contributed by atoms with Gasteiger partial charge >= 0.3 is 0 Å². The highest BCUT2D eigenvalue weighted by Crippen LogP contribution is 2.02. The number of aryl methyl sites for hydroxylation is 1. The molecule has 2 heteroatoms. The summed E-state index contributed by atoms with van der Waals surface area (Å²) in [5, 5.41) is 1.50. The van der Waals surface area contributed by atoms with Gasteiger partial charge in [0.25, 0.3) is 0 Å². The summed E-state index contributed by atoms with van der Waals surface area (Å²) in [5.41, 5.74) is 1.36. The largest absolute Gasteiger partial charge is 0.0627 e. The molecule has 0 N–H and O–H groups in total. The molecule has 0 saturated heterocycles. The molecule has 0 spiro atoms. The Labute approximate surface area is 72.2 Å². The average molecular weight is 248 g/mol. The molecule has 9 heavy (non-hydrogen) atoms. The van der Waals surface area contributed by atoms with E-state index in [0.29, 0.717) is 0 Å². The minimum Gasteiger partial charge on any atom is -0.0627 e. The Hall–Kier alpha value is 0.167. The Balaban J connectivity index is 3.17. The first-order valence-corrected chi connectivity index (χ1v) is 5.01. The van der Waals surface area contributed by atoms with Gasteiger partial charge in [-0.15, -0.1) is 0 Å². The predicted octanol–water partition coefficient (Wildman–Crippen LogP) is 0.590. The standard InChI is InChI=1S/C7H9ISi/c1-5-2-3-7(9)6(8)4-5/h2-4H,1,9H3. The second kappa shape index (κ2) is 2.83. The molecule has 0 amide bonds. The summed E-state index contributed by atoms with van der Waals surface area (Å²) in [6.45, 7) is 2.13. The molecular formula is C7H9ISi. The Morgan fingerprint density at radius 2 is 2.11 bits per heavy atom. The molecule has 0 saturated carbocycles. The van der Waals surface area contributed by atoms with Crippen LogP contribution in [0.2, 0.25) is 0 Å². The fraction of sp³-hybridized carbons (Fsp3) is 0.143. The van der Waals surface area contributed by atoms with Crippen LogP contribution in [0, 0.1) is 10.5 Å². The topological polar surface area (TPSA) is 0 Å². The van der Waals surface area contributed by atoms with Crippen LogP contribution in [0.3, 0.4) is 0 Å². The summed E-state index contributed by atoms with van der Waals surface area (Å²) in [5.74, 6) is 0. The number of rotatable bonds is 0. The Kier molecular flexibility index (Phi) is 2.29. The second-order valence-electron chi connectivity index (χ2n) is 2.25. The summed E-state index contributed by atoms with van der Waals surface area (Å²) < 4.78 is 1.42. The fourth-order valence-corrected chi connectivity index (χ4v) is 1.68. The van der Waals surface area contributed by atoms with Crippen molar-refractivity contribution in [2.45, 2.75) is 6.92 Å². The first-order chi connectivity index (χ1) is 4.20. The minimum atomic E-state index is 1.17. The van der Waals surface area contributed by atoms with Crippen LogP contribution < -0.4 is 5.19 Å². The van der Waals surface area contributed by atoms with Crippen LogP contribution in [0.25, 0.3) is 0 Å². The summed E-state index contributed by atoms with van der Waals surface area (Å²) in [6, 6.07) is 6.61. The lowest BCUT2D eigenvalue weighted by atomic mass is 10.2. The van der Waals surface area contributed by atoms with E-state index in [9.17, 15) is 0 Å². The molecule has 0 radical (unpaired) electrons. The van der Waals surface area contributed by atoms with Gasteiger partial charge in [-0.25, -0.2) is 0 Å². The van der Waals surface area contributed by atoms with E-state index in [1.54, 1.807) is 0 Å². The SMILES string of the molecule is Cc1ccc([SiH3])c(I)c1. The molecule has 1 rings (SSSR count). The van der Waals surface area contributed by atoms with Crippen molar-refractivity contribution >= 4 is 38.0 Å². The molecule has 0 fully saturated rings. The van der Waals surface area contributed by atoms with Crippen LogP contribution in [0.4, 0.5) is 0 Å². The molecule has 1 aromatic carbocycles. The van der Waals surface area contributed by atoms with E-state index in [1.165, 1.54) is 24.6 Å². The van der Waals surface area contributed by atoms with E-state index in [0.717, 1.165) is 0 Å². The van der Waals surface area contributed by atoms with Crippen molar-refractivity contribution in [2.24, 2.45) is 0 Å². The lowest BCUT2D eigenvalue weighted by Gasteiger charge is -1.96. The van der Waals surface area contributed by atoms with E-state index < -0.39 is 0 Å². The van der Waals surface area contributed by atoms with Crippen LogP contribution >= 0.6 is 22.6 Å². The monoisotopic (exact) mass is 248 g/mol. The number of hydrogen-bond donors (Lipinski definition) is 0. The van der Waals surface area contributed by atoms with E-state index in [2.05, 4.69) is 47.7 Å². The van der Waals surface area contributed by atoms with Crippen LogP contribution in [-0.4, -0.2) is 10.2 Å². The quantitative estimate of drug-likeness (QED) is 0.465. The summed E-state index contributed by atoms with van der Waals surface area (Å²) in [7, 11) is 1.17. The van der Waals surface area contributed by atoms with Crippen LogP contribution in [-0.2, 0) is 0 Å². The van der Waals surface area contributed by atoms with Gasteiger partial charge in [-0.2, -0.15) is 0 Å². The van der Waals surface area contributed by atoms with Gasteiger partial charge in [0.15, 0.2) is 0 Å². The van der Waals surface area contributed by atoms with Crippen molar-refractivity contribution in [2.75, 3.05) is 0 Å². The summed E-state index contributed by atoms with van der Waals surface area (Å²) in [4.78, 5) is 0. The highest BCUT2D eigenvalue weighted by Gasteiger charge is 1.90. The number of hydrogen-bond acceptors (Lipinski definition) is 0. The summed E-state index contributed by atoms with van der Waals surface area (Å²) >= 11 is 2.38. The lowest BCUT2D eigenvalue weighted by Crippen LogP contribution is -2.05. The van der Waals surface area contributed by atoms with Crippen molar-refractivity contribution in [3.8, 4) is 0 Å². The van der Waals surface area contributed by atoms with E-state index >= 15 is 0 Å². The smallest absolute Gasteiger partial charge is 0.0398 e. The molecule has 0 aliphatic carbocycles. The Morgan fingerprint density at radius 1 is 1.44 bits per heavy atom. The van der Waals surface area contributed by atoms with E-state index in [1.807, 2.05) is 0 Å². The summed E-state index contributed by atoms with van der Waals surface area (Å²) in [6.07, 6.45) is 0. The minimum absolute atomic E-state index is 1.17. The van der Waals surface area contributed by atoms with Crippen LogP contribution in [0.15, 0.2) is 18.2 Å². The zero-order valence-corrected chi connectivity index (χ0v) is 9.77. The maximum atomic E-state index is 2.38. The van der Waals surface area contributed by atoms with Gasteiger partial charge in [-0.1, -0.05) is 22.9 Å². The Bertz CT molecular complexity index is 220. The lowest BCUT2D eigenvalue weighted by molar-refractivity contribution is 1.47. The van der Waals surface area contributed by atoms with Gasteiger partial charge in [-0.05, 0) is 35.6 Å². The maximum Gasteiger partial charge on any atom is 0.0398 e. The van der Waals surface area contributed by atoms with Gasteiger partial charge in [-0.3, -0.25) is 0 Å². The molecule has 0 aromatic heterocycles. The molecule has 0 heterocycles. The van der Waals surface area contributed by atoms with Crippen molar-refractivity contribution in [1.29, 1.82) is 0 Å². The second-order valence-corrected chi connectivity index (χ2v) is 4.49. The molecular weight excluding hydrogens is 239 g/mol. The third-order valence-corrected chi connectivity index (χ3v) is 4.38. The van der Waals surface area contributed by atoms with Gasteiger partial charge in [0.1, 0.15) is 0 Å². The number of halogens is 1. The van der Waals surface area contributed by atoms with Gasteiger partial charge in [0.05, 0.1) is 0 Å².